The van der Waals surface area contributed by atoms with E-state index in [0.29, 0.717) is 0 Å². The van der Waals surface area contributed by atoms with Crippen LogP contribution < -0.4 is 4.57 Å². The largest absolute Gasteiger partial charge is 0.217 e. The molecule has 0 atom stereocenters. The number of aromatic nitrogens is 1. The first-order chi connectivity index (χ1) is 6.42. The minimum absolute atomic E-state index is 1.24. The maximum atomic E-state index is 2.12. The predicted molar refractivity (Wildman–Crippen MR) is 55.1 cm³/mol. The van der Waals surface area contributed by atoms with Gasteiger partial charge in [0, 0.05) is 17.5 Å². The Labute approximate surface area is 77.9 Å². The van der Waals surface area contributed by atoms with E-state index in [9.17, 15) is 0 Å². The second-order valence-electron chi connectivity index (χ2n) is 2.96. The number of hydrogen-bond donors (Lipinski definition) is 0. The van der Waals surface area contributed by atoms with Crippen molar-refractivity contribution in [1.29, 1.82) is 0 Å². The Bertz CT molecular complexity index is 438. The van der Waals surface area contributed by atoms with Crippen molar-refractivity contribution in [1.82, 2.24) is 0 Å². The smallest absolute Gasteiger partial charge is 0.167 e. The summed E-state index contributed by atoms with van der Waals surface area (Å²) in [6.07, 6.45) is 6.15. The predicted octanol–water partition coefficient (Wildman–Crippen LogP) is 2.62. The molecule has 0 fully saturated rings. The SMILES string of the molecule is CC=C[n+]1cccc2ccccc21. The number of pyridine rings is 1. The minimum Gasteiger partial charge on any atom is -0.167 e. The third kappa shape index (κ3) is 1.45. The fourth-order valence-electron chi connectivity index (χ4n) is 1.47. The quantitative estimate of drug-likeness (QED) is 0.579. The maximum Gasteiger partial charge on any atom is 0.217 e. The van der Waals surface area contributed by atoms with Crippen molar-refractivity contribution in [3.8, 4) is 0 Å². The fraction of sp³-hybridized carbons (Fsp3) is 0.0833. The zero-order chi connectivity index (χ0) is 9.10. The van der Waals surface area contributed by atoms with Crippen molar-refractivity contribution < 1.29 is 4.57 Å². The van der Waals surface area contributed by atoms with Gasteiger partial charge in [0.2, 0.25) is 5.52 Å². The number of nitrogens with zero attached hydrogens (tertiary/aromatic N) is 1. The highest BCUT2D eigenvalue weighted by Gasteiger charge is 2.02. The molecule has 0 aliphatic carbocycles. The minimum atomic E-state index is 1.24. The van der Waals surface area contributed by atoms with Crippen LogP contribution in [0.2, 0.25) is 0 Å². The van der Waals surface area contributed by atoms with Crippen molar-refractivity contribution in [2.24, 2.45) is 0 Å². The van der Waals surface area contributed by atoms with E-state index in [1.54, 1.807) is 0 Å². The van der Waals surface area contributed by atoms with Gasteiger partial charge in [0.05, 0.1) is 0 Å². The molecule has 0 amide bonds. The van der Waals surface area contributed by atoms with Crippen molar-refractivity contribution in [2.45, 2.75) is 6.92 Å². The van der Waals surface area contributed by atoms with Crippen LogP contribution in [0, 0.1) is 0 Å². The molecule has 0 saturated heterocycles. The van der Waals surface area contributed by atoms with Gasteiger partial charge in [-0.1, -0.05) is 12.1 Å². The molecular formula is C12H12N+. The Morgan fingerprint density at radius 3 is 2.69 bits per heavy atom. The molecule has 0 aliphatic heterocycles. The average Bonchev–Trinajstić information content (AvgIpc) is 2.19. The van der Waals surface area contributed by atoms with Gasteiger partial charge in [-0.25, -0.2) is 0 Å². The Morgan fingerprint density at radius 2 is 1.85 bits per heavy atom. The van der Waals surface area contributed by atoms with Crippen LogP contribution >= 0.6 is 0 Å². The summed E-state index contributed by atoms with van der Waals surface area (Å²) < 4.78 is 2.12. The Hall–Kier alpha value is -1.63. The molecule has 13 heavy (non-hydrogen) atoms. The van der Waals surface area contributed by atoms with Gasteiger partial charge in [-0.3, -0.25) is 0 Å². The van der Waals surface area contributed by atoms with Gasteiger partial charge in [-0.15, -0.1) is 0 Å². The number of para-hydroxylation sites is 1. The molecular weight excluding hydrogens is 158 g/mol. The third-order valence-corrected chi connectivity index (χ3v) is 2.05. The van der Waals surface area contributed by atoms with Crippen LogP contribution in [0.4, 0.5) is 0 Å². The molecule has 0 unspecified atom stereocenters. The maximum absolute atomic E-state index is 2.12. The standard InChI is InChI=1S/C12H12N/c1-2-9-13-10-5-7-11-6-3-4-8-12(11)13/h2-10H,1H3/q+1. The number of benzene rings is 1. The van der Waals surface area contributed by atoms with Crippen LogP contribution in [0.15, 0.2) is 48.7 Å². The molecule has 2 rings (SSSR count). The van der Waals surface area contributed by atoms with Crippen LogP contribution in [0.5, 0.6) is 0 Å². The summed E-state index contributed by atoms with van der Waals surface area (Å²) in [5, 5.41) is 1.27. The third-order valence-electron chi connectivity index (χ3n) is 2.05. The Kier molecular flexibility index (Phi) is 2.09. The molecule has 64 valence electrons. The van der Waals surface area contributed by atoms with Crippen molar-refractivity contribution in [3.63, 3.8) is 0 Å². The van der Waals surface area contributed by atoms with Crippen LogP contribution in [-0.2, 0) is 0 Å². The van der Waals surface area contributed by atoms with Crippen LogP contribution in [-0.4, -0.2) is 0 Å². The second-order valence-corrected chi connectivity index (χ2v) is 2.96. The van der Waals surface area contributed by atoms with E-state index >= 15 is 0 Å². The van der Waals surface area contributed by atoms with E-state index in [1.807, 2.05) is 13.0 Å². The number of allylic oxidation sites excluding steroid dienone is 1. The van der Waals surface area contributed by atoms with E-state index in [0.717, 1.165) is 0 Å². The van der Waals surface area contributed by atoms with Gasteiger partial charge in [-0.2, -0.15) is 4.57 Å². The highest BCUT2D eigenvalue weighted by molar-refractivity contribution is 5.75. The zero-order valence-corrected chi connectivity index (χ0v) is 7.64. The average molecular weight is 170 g/mol. The number of rotatable bonds is 1. The molecule has 1 aromatic heterocycles. The highest BCUT2D eigenvalue weighted by atomic mass is 14.9. The first kappa shape index (κ1) is 7.99. The monoisotopic (exact) mass is 170 g/mol. The Morgan fingerprint density at radius 1 is 1.08 bits per heavy atom. The van der Waals surface area contributed by atoms with Gasteiger partial charge >= 0.3 is 0 Å². The molecule has 0 spiro atoms. The first-order valence-corrected chi connectivity index (χ1v) is 4.43. The van der Waals surface area contributed by atoms with E-state index < -0.39 is 0 Å². The summed E-state index contributed by atoms with van der Waals surface area (Å²) in [4.78, 5) is 0. The molecule has 1 aromatic carbocycles. The highest BCUT2D eigenvalue weighted by Crippen LogP contribution is 2.07. The lowest BCUT2D eigenvalue weighted by atomic mass is 10.2. The summed E-state index contributed by atoms with van der Waals surface area (Å²) in [6, 6.07) is 12.5. The summed E-state index contributed by atoms with van der Waals surface area (Å²) in [7, 11) is 0. The second kappa shape index (κ2) is 3.40. The van der Waals surface area contributed by atoms with Crippen molar-refractivity contribution >= 4 is 17.1 Å². The molecule has 1 nitrogen and oxygen atoms in total. The number of fused-ring (bicyclic) bond motifs is 1. The summed E-state index contributed by atoms with van der Waals surface area (Å²) in [5.74, 6) is 0. The van der Waals surface area contributed by atoms with Gasteiger partial charge in [0.25, 0.3) is 0 Å². The molecule has 2 aromatic rings. The molecule has 1 heterocycles. The summed E-state index contributed by atoms with van der Waals surface area (Å²) >= 11 is 0. The van der Waals surface area contributed by atoms with Crippen LogP contribution in [0.3, 0.4) is 0 Å². The molecule has 0 aliphatic rings. The normalized spacial score (nSPS) is 11.2. The molecule has 0 bridgehead atoms. The lowest BCUT2D eigenvalue weighted by Gasteiger charge is -1.94. The number of hydrogen-bond acceptors (Lipinski definition) is 0. The van der Waals surface area contributed by atoms with Gasteiger partial charge in [0.1, 0.15) is 0 Å². The zero-order valence-electron chi connectivity index (χ0n) is 7.64. The van der Waals surface area contributed by atoms with E-state index in [2.05, 4.69) is 53.4 Å². The van der Waals surface area contributed by atoms with Crippen molar-refractivity contribution in [2.75, 3.05) is 0 Å². The van der Waals surface area contributed by atoms with Gasteiger partial charge < -0.3 is 0 Å². The molecule has 1 heteroatoms. The van der Waals surface area contributed by atoms with Gasteiger partial charge in [-0.05, 0) is 25.1 Å². The topological polar surface area (TPSA) is 3.88 Å². The molecule has 0 radical (unpaired) electrons. The summed E-state index contributed by atoms with van der Waals surface area (Å²) in [6.45, 7) is 2.02. The first-order valence-electron chi connectivity index (χ1n) is 4.43. The lowest BCUT2D eigenvalue weighted by molar-refractivity contribution is -0.539. The fourth-order valence-corrected chi connectivity index (χ4v) is 1.47. The molecule has 0 saturated carbocycles. The molecule has 0 N–H and O–H groups in total. The van der Waals surface area contributed by atoms with E-state index in [-0.39, 0.29) is 0 Å². The van der Waals surface area contributed by atoms with E-state index in [1.165, 1.54) is 10.9 Å². The van der Waals surface area contributed by atoms with Crippen molar-refractivity contribution in [3.05, 3.63) is 48.7 Å². The van der Waals surface area contributed by atoms with E-state index in [4.69, 9.17) is 0 Å². The van der Waals surface area contributed by atoms with Crippen LogP contribution in [0.25, 0.3) is 17.1 Å². The van der Waals surface area contributed by atoms with Gasteiger partial charge in [0.15, 0.2) is 12.4 Å². The van der Waals surface area contributed by atoms with Crippen LogP contribution in [0.1, 0.15) is 6.92 Å². The summed E-state index contributed by atoms with van der Waals surface area (Å²) in [5.41, 5.74) is 1.24. The lowest BCUT2D eigenvalue weighted by Crippen LogP contribution is -2.25. The Balaban J connectivity index is 2.75.